The molecule has 4 rings (SSSR count). The van der Waals surface area contributed by atoms with E-state index in [1.54, 1.807) is 23.7 Å². The number of nitrogens with zero attached hydrogens (tertiary/aromatic N) is 2. The van der Waals surface area contributed by atoms with Crippen LogP contribution >= 0.6 is 11.3 Å². The molecule has 2 aromatic heterocycles. The van der Waals surface area contributed by atoms with E-state index in [1.165, 1.54) is 19.3 Å². The molecule has 27 heavy (non-hydrogen) atoms. The lowest BCUT2D eigenvalue weighted by Crippen LogP contribution is -2.39. The Labute approximate surface area is 162 Å². The van der Waals surface area contributed by atoms with E-state index in [0.717, 1.165) is 40.4 Å². The summed E-state index contributed by atoms with van der Waals surface area (Å²) in [6, 6.07) is 11.9. The first kappa shape index (κ1) is 17.7. The average Bonchev–Trinajstić information content (AvgIpc) is 3.20. The largest absolute Gasteiger partial charge is 0.335 e. The van der Waals surface area contributed by atoms with Crippen LogP contribution in [0.1, 0.15) is 32.1 Å². The van der Waals surface area contributed by atoms with Crippen LogP contribution < -0.4 is 10.6 Å². The van der Waals surface area contributed by atoms with Gasteiger partial charge in [0.1, 0.15) is 5.01 Å². The molecule has 1 saturated carbocycles. The smallest absolute Gasteiger partial charge is 0.319 e. The maximum atomic E-state index is 12.3. The van der Waals surface area contributed by atoms with Gasteiger partial charge in [0.05, 0.1) is 5.69 Å². The number of carbonyl (C=O) groups is 1. The summed E-state index contributed by atoms with van der Waals surface area (Å²) < 4.78 is 0. The van der Waals surface area contributed by atoms with Crippen LogP contribution in [-0.2, 0) is 0 Å². The maximum Gasteiger partial charge on any atom is 0.319 e. The van der Waals surface area contributed by atoms with Crippen molar-refractivity contribution in [3.05, 3.63) is 54.2 Å². The van der Waals surface area contributed by atoms with Gasteiger partial charge in [0.2, 0.25) is 0 Å². The van der Waals surface area contributed by atoms with Crippen molar-refractivity contribution < 1.29 is 4.79 Å². The second-order valence-electron chi connectivity index (χ2n) is 6.79. The Morgan fingerprint density at radius 3 is 2.67 bits per heavy atom. The van der Waals surface area contributed by atoms with Gasteiger partial charge in [-0.25, -0.2) is 9.78 Å². The van der Waals surface area contributed by atoms with Gasteiger partial charge in [-0.3, -0.25) is 4.98 Å². The molecule has 0 unspecified atom stereocenters. The van der Waals surface area contributed by atoms with Crippen LogP contribution in [0.25, 0.3) is 21.8 Å². The van der Waals surface area contributed by atoms with Crippen LogP contribution in [-0.4, -0.2) is 22.0 Å². The van der Waals surface area contributed by atoms with Gasteiger partial charge in [0.25, 0.3) is 0 Å². The molecule has 2 amide bonds. The monoisotopic (exact) mass is 378 g/mol. The Bertz CT molecular complexity index is 903. The van der Waals surface area contributed by atoms with Gasteiger partial charge in [-0.1, -0.05) is 31.4 Å². The number of nitrogens with one attached hydrogen (secondary N) is 2. The van der Waals surface area contributed by atoms with Crippen LogP contribution in [0.15, 0.2) is 54.2 Å². The Kier molecular flexibility index (Phi) is 5.44. The van der Waals surface area contributed by atoms with Gasteiger partial charge in [0.15, 0.2) is 0 Å². The standard InChI is InChI=1S/C21H22N4OS/c26-21(23-17-6-2-1-3-7-17)24-18-8-4-5-16(13-18)19-14-27-20(25-19)15-9-11-22-12-10-15/h4-5,8-14,17H,1-3,6-7H2,(H2,23,24,26). The van der Waals surface area contributed by atoms with Crippen LogP contribution in [0.4, 0.5) is 10.5 Å². The first-order valence-corrected chi connectivity index (χ1v) is 10.2. The molecule has 0 spiro atoms. The van der Waals surface area contributed by atoms with E-state index in [9.17, 15) is 4.79 Å². The maximum absolute atomic E-state index is 12.3. The van der Waals surface area contributed by atoms with Crippen molar-refractivity contribution in [2.75, 3.05) is 5.32 Å². The fourth-order valence-electron chi connectivity index (χ4n) is 3.39. The molecule has 1 aromatic carbocycles. The summed E-state index contributed by atoms with van der Waals surface area (Å²) in [4.78, 5) is 21.1. The molecule has 6 heteroatoms. The molecule has 1 aliphatic carbocycles. The molecule has 2 heterocycles. The summed E-state index contributed by atoms with van der Waals surface area (Å²) in [7, 11) is 0. The number of thiazole rings is 1. The highest BCUT2D eigenvalue weighted by Gasteiger charge is 2.15. The normalized spacial score (nSPS) is 14.7. The molecule has 0 bridgehead atoms. The summed E-state index contributed by atoms with van der Waals surface area (Å²) in [5, 5.41) is 9.04. The number of anilines is 1. The van der Waals surface area contributed by atoms with E-state index < -0.39 is 0 Å². The molecule has 0 radical (unpaired) electrons. The van der Waals surface area contributed by atoms with E-state index in [2.05, 4.69) is 15.6 Å². The predicted octanol–water partition coefficient (Wildman–Crippen LogP) is 5.33. The Morgan fingerprint density at radius 1 is 1.04 bits per heavy atom. The third-order valence-corrected chi connectivity index (χ3v) is 5.68. The second-order valence-corrected chi connectivity index (χ2v) is 7.65. The predicted molar refractivity (Wildman–Crippen MR) is 110 cm³/mol. The Hall–Kier alpha value is -2.73. The highest BCUT2D eigenvalue weighted by Crippen LogP contribution is 2.29. The molecule has 5 nitrogen and oxygen atoms in total. The topological polar surface area (TPSA) is 66.9 Å². The molecule has 0 saturated heterocycles. The minimum absolute atomic E-state index is 0.130. The summed E-state index contributed by atoms with van der Waals surface area (Å²) in [5.41, 5.74) is 3.73. The number of rotatable bonds is 4. The highest BCUT2D eigenvalue weighted by atomic mass is 32.1. The van der Waals surface area contributed by atoms with Crippen molar-refractivity contribution in [1.29, 1.82) is 0 Å². The van der Waals surface area contributed by atoms with Crippen molar-refractivity contribution in [3.8, 4) is 21.8 Å². The van der Waals surface area contributed by atoms with E-state index in [-0.39, 0.29) is 6.03 Å². The molecule has 0 aliphatic heterocycles. The first-order chi connectivity index (χ1) is 13.3. The minimum atomic E-state index is -0.130. The molecular formula is C21H22N4OS. The van der Waals surface area contributed by atoms with E-state index in [0.29, 0.717) is 6.04 Å². The van der Waals surface area contributed by atoms with Crippen molar-refractivity contribution in [3.63, 3.8) is 0 Å². The van der Waals surface area contributed by atoms with Crippen molar-refractivity contribution in [2.24, 2.45) is 0 Å². The zero-order chi connectivity index (χ0) is 18.5. The third-order valence-electron chi connectivity index (χ3n) is 4.79. The van der Waals surface area contributed by atoms with Crippen molar-refractivity contribution in [2.45, 2.75) is 38.1 Å². The zero-order valence-corrected chi connectivity index (χ0v) is 15.8. The van der Waals surface area contributed by atoms with Gasteiger partial charge in [-0.2, -0.15) is 0 Å². The van der Waals surface area contributed by atoms with Crippen LogP contribution in [0, 0.1) is 0 Å². The quantitative estimate of drug-likeness (QED) is 0.645. The average molecular weight is 379 g/mol. The van der Waals surface area contributed by atoms with Crippen molar-refractivity contribution in [1.82, 2.24) is 15.3 Å². The first-order valence-electron chi connectivity index (χ1n) is 9.32. The van der Waals surface area contributed by atoms with Gasteiger partial charge in [0, 0.05) is 40.6 Å². The molecule has 3 aromatic rings. The molecule has 138 valence electrons. The second kappa shape index (κ2) is 8.31. The summed E-state index contributed by atoms with van der Waals surface area (Å²) in [5.74, 6) is 0. The highest BCUT2D eigenvalue weighted by molar-refractivity contribution is 7.13. The molecule has 1 fully saturated rings. The number of hydrogen-bond donors (Lipinski definition) is 2. The fourth-order valence-corrected chi connectivity index (χ4v) is 4.22. The lowest BCUT2D eigenvalue weighted by Gasteiger charge is -2.22. The molecule has 1 aliphatic rings. The van der Waals surface area contributed by atoms with Crippen LogP contribution in [0.3, 0.4) is 0 Å². The zero-order valence-electron chi connectivity index (χ0n) is 15.0. The van der Waals surface area contributed by atoms with E-state index in [4.69, 9.17) is 4.98 Å². The lowest BCUT2D eigenvalue weighted by molar-refractivity contribution is 0.244. The summed E-state index contributed by atoms with van der Waals surface area (Å²) >= 11 is 1.60. The molecular weight excluding hydrogens is 356 g/mol. The Balaban J connectivity index is 1.44. The molecule has 2 N–H and O–H groups in total. The fraction of sp³-hybridized carbons (Fsp3) is 0.286. The van der Waals surface area contributed by atoms with Gasteiger partial charge >= 0.3 is 6.03 Å². The Morgan fingerprint density at radius 2 is 1.85 bits per heavy atom. The SMILES string of the molecule is O=C(Nc1cccc(-c2csc(-c3ccncc3)n2)c1)NC1CCCCC1. The lowest BCUT2D eigenvalue weighted by atomic mass is 9.96. The third kappa shape index (κ3) is 4.52. The van der Waals surface area contributed by atoms with Crippen molar-refractivity contribution >= 4 is 23.1 Å². The number of carbonyl (C=O) groups excluding carboxylic acids is 1. The minimum Gasteiger partial charge on any atom is -0.335 e. The van der Waals surface area contributed by atoms with E-state index in [1.807, 2.05) is 41.8 Å². The number of hydrogen-bond acceptors (Lipinski definition) is 4. The number of benzene rings is 1. The van der Waals surface area contributed by atoms with Crippen LogP contribution in [0.5, 0.6) is 0 Å². The van der Waals surface area contributed by atoms with Gasteiger partial charge in [-0.15, -0.1) is 11.3 Å². The van der Waals surface area contributed by atoms with Gasteiger partial charge in [-0.05, 0) is 37.1 Å². The molecule has 0 atom stereocenters. The van der Waals surface area contributed by atoms with E-state index >= 15 is 0 Å². The van der Waals surface area contributed by atoms with Gasteiger partial charge < -0.3 is 10.6 Å². The summed E-state index contributed by atoms with van der Waals surface area (Å²) in [6.07, 6.45) is 9.36. The number of pyridine rings is 1. The number of aromatic nitrogens is 2. The number of amides is 2. The number of urea groups is 1. The summed E-state index contributed by atoms with van der Waals surface area (Å²) in [6.45, 7) is 0. The van der Waals surface area contributed by atoms with Crippen LogP contribution in [0.2, 0.25) is 0 Å².